The van der Waals surface area contributed by atoms with Crippen molar-refractivity contribution in [1.82, 2.24) is 15.5 Å². The minimum atomic E-state index is -0.552. The Labute approximate surface area is 172 Å². The zero-order valence-electron chi connectivity index (χ0n) is 18.0. The van der Waals surface area contributed by atoms with Crippen molar-refractivity contribution in [3.63, 3.8) is 0 Å². The monoisotopic (exact) mass is 407 g/mol. The first-order chi connectivity index (χ1) is 13.8. The zero-order valence-corrected chi connectivity index (χ0v) is 18.0. The van der Waals surface area contributed by atoms with Gasteiger partial charge < -0.3 is 30.5 Å². The van der Waals surface area contributed by atoms with Crippen molar-refractivity contribution in [2.75, 3.05) is 63.6 Å². The van der Waals surface area contributed by atoms with E-state index in [1.165, 1.54) is 0 Å². The number of benzene rings is 1. The van der Waals surface area contributed by atoms with E-state index in [0.29, 0.717) is 17.8 Å². The topological polar surface area (TPSA) is 103 Å². The van der Waals surface area contributed by atoms with Crippen LogP contribution in [0.15, 0.2) is 18.2 Å². The first-order valence-corrected chi connectivity index (χ1v) is 9.84. The predicted octanol–water partition coefficient (Wildman–Crippen LogP) is 1.51. The maximum atomic E-state index is 12.7. The molecular formula is C20H33N5O4. The fourth-order valence-electron chi connectivity index (χ4n) is 2.69. The summed E-state index contributed by atoms with van der Waals surface area (Å²) in [5, 5.41) is 7.98. The number of amides is 3. The lowest BCUT2D eigenvalue weighted by Gasteiger charge is -2.20. The van der Waals surface area contributed by atoms with Gasteiger partial charge in [-0.05, 0) is 38.2 Å². The van der Waals surface area contributed by atoms with E-state index in [4.69, 9.17) is 4.74 Å². The number of rotatable bonds is 11. The molecule has 0 aliphatic rings. The molecular weight excluding hydrogens is 374 g/mol. The maximum absolute atomic E-state index is 12.7. The summed E-state index contributed by atoms with van der Waals surface area (Å²) in [5.41, 5.74) is 1.64. The third kappa shape index (κ3) is 8.39. The van der Waals surface area contributed by atoms with Crippen LogP contribution in [-0.2, 0) is 9.53 Å². The van der Waals surface area contributed by atoms with Crippen LogP contribution in [0.4, 0.5) is 16.2 Å². The van der Waals surface area contributed by atoms with Gasteiger partial charge in [0.25, 0.3) is 5.91 Å². The molecule has 0 radical (unpaired) electrons. The third-order valence-electron chi connectivity index (χ3n) is 4.29. The van der Waals surface area contributed by atoms with Crippen molar-refractivity contribution in [1.29, 1.82) is 0 Å². The number of anilines is 2. The van der Waals surface area contributed by atoms with Gasteiger partial charge in [0, 0.05) is 38.6 Å². The summed E-state index contributed by atoms with van der Waals surface area (Å²) in [6.07, 6.45) is 0. The number of nitrogens with one attached hydrogen (secondary N) is 3. The fraction of sp³-hybridized carbons (Fsp3) is 0.550. The van der Waals surface area contributed by atoms with E-state index in [0.717, 1.165) is 25.3 Å². The second-order valence-corrected chi connectivity index (χ2v) is 6.52. The van der Waals surface area contributed by atoms with Gasteiger partial charge in [0.2, 0.25) is 0 Å². The van der Waals surface area contributed by atoms with Crippen LogP contribution in [-0.4, -0.2) is 76.2 Å². The number of carbonyl (C=O) groups excluding carboxylic acids is 3. The summed E-state index contributed by atoms with van der Waals surface area (Å²) in [6, 6.07) is 4.53. The first-order valence-electron chi connectivity index (χ1n) is 9.84. The zero-order chi connectivity index (χ0) is 21.8. The molecule has 162 valence electrons. The average Bonchev–Trinajstić information content (AvgIpc) is 2.69. The lowest BCUT2D eigenvalue weighted by atomic mass is 10.1. The second kappa shape index (κ2) is 12.6. The summed E-state index contributed by atoms with van der Waals surface area (Å²) in [5.74, 6) is -0.727. The molecule has 0 aromatic heterocycles. The molecule has 0 saturated heterocycles. The van der Waals surface area contributed by atoms with Gasteiger partial charge >= 0.3 is 12.0 Å². The van der Waals surface area contributed by atoms with Gasteiger partial charge in [0.15, 0.2) is 0 Å². The van der Waals surface area contributed by atoms with Crippen molar-refractivity contribution < 1.29 is 19.1 Å². The maximum Gasteiger partial charge on any atom is 0.325 e. The number of urea groups is 1. The van der Waals surface area contributed by atoms with Crippen LogP contribution in [0.25, 0.3) is 0 Å². The molecule has 0 spiro atoms. The number of ether oxygens (including phenoxy) is 1. The van der Waals surface area contributed by atoms with Crippen LogP contribution in [0, 0.1) is 0 Å². The minimum Gasteiger partial charge on any atom is -0.465 e. The molecule has 0 aliphatic carbocycles. The van der Waals surface area contributed by atoms with E-state index < -0.39 is 12.0 Å². The van der Waals surface area contributed by atoms with Crippen molar-refractivity contribution in [2.24, 2.45) is 0 Å². The number of nitrogens with zero attached hydrogens (tertiary/aromatic N) is 2. The Morgan fingerprint density at radius 2 is 1.72 bits per heavy atom. The Hall–Kier alpha value is -2.81. The molecule has 0 atom stereocenters. The summed E-state index contributed by atoms with van der Waals surface area (Å²) >= 11 is 0. The van der Waals surface area contributed by atoms with Crippen LogP contribution in [0.5, 0.6) is 0 Å². The quantitative estimate of drug-likeness (QED) is 0.481. The van der Waals surface area contributed by atoms with E-state index in [2.05, 4.69) is 34.7 Å². The summed E-state index contributed by atoms with van der Waals surface area (Å²) in [6.45, 7) is 9.03. The van der Waals surface area contributed by atoms with Crippen LogP contribution < -0.4 is 20.9 Å². The minimum absolute atomic E-state index is 0.212. The van der Waals surface area contributed by atoms with Gasteiger partial charge in [-0.2, -0.15) is 0 Å². The molecule has 0 heterocycles. The SMILES string of the molecule is CCOC(=O)CNC(=O)Nc1ccc(N(C)C)c(C(=O)NCCN(CC)CC)c1. The van der Waals surface area contributed by atoms with Gasteiger partial charge in [-0.1, -0.05) is 13.8 Å². The van der Waals surface area contributed by atoms with Crippen molar-refractivity contribution in [3.8, 4) is 0 Å². The highest BCUT2D eigenvalue weighted by Crippen LogP contribution is 2.23. The lowest BCUT2D eigenvalue weighted by molar-refractivity contribution is -0.141. The molecule has 0 fully saturated rings. The van der Waals surface area contributed by atoms with Gasteiger partial charge in [-0.15, -0.1) is 0 Å². The van der Waals surface area contributed by atoms with Crippen molar-refractivity contribution >= 4 is 29.3 Å². The molecule has 1 rings (SSSR count). The van der Waals surface area contributed by atoms with E-state index in [-0.39, 0.29) is 19.1 Å². The van der Waals surface area contributed by atoms with Crippen LogP contribution in [0.1, 0.15) is 31.1 Å². The highest BCUT2D eigenvalue weighted by molar-refractivity contribution is 6.02. The Bertz CT molecular complexity index is 689. The van der Waals surface area contributed by atoms with E-state index in [9.17, 15) is 14.4 Å². The largest absolute Gasteiger partial charge is 0.465 e. The standard InChI is InChI=1S/C20H33N5O4/c1-6-25(7-2)12-11-21-19(27)16-13-15(9-10-17(16)24(4)5)23-20(28)22-14-18(26)29-8-3/h9-10,13H,6-8,11-12,14H2,1-5H3,(H,21,27)(H2,22,23,28). The number of hydrogen-bond acceptors (Lipinski definition) is 6. The molecule has 0 bridgehead atoms. The molecule has 1 aromatic rings. The molecule has 1 aromatic carbocycles. The average molecular weight is 408 g/mol. The normalized spacial score (nSPS) is 10.4. The van der Waals surface area contributed by atoms with Gasteiger partial charge in [-0.3, -0.25) is 9.59 Å². The lowest BCUT2D eigenvalue weighted by Crippen LogP contribution is -2.35. The molecule has 0 saturated carbocycles. The number of hydrogen-bond donors (Lipinski definition) is 3. The molecule has 3 amide bonds. The summed E-state index contributed by atoms with van der Waals surface area (Å²) in [4.78, 5) is 40.1. The molecule has 9 nitrogen and oxygen atoms in total. The Balaban J connectivity index is 2.79. The molecule has 0 aliphatic heterocycles. The highest BCUT2D eigenvalue weighted by Gasteiger charge is 2.15. The van der Waals surface area contributed by atoms with Crippen LogP contribution in [0.3, 0.4) is 0 Å². The second-order valence-electron chi connectivity index (χ2n) is 6.52. The third-order valence-corrected chi connectivity index (χ3v) is 4.29. The van der Waals surface area contributed by atoms with Crippen LogP contribution >= 0.6 is 0 Å². The van der Waals surface area contributed by atoms with Gasteiger partial charge in [0.1, 0.15) is 6.54 Å². The van der Waals surface area contributed by atoms with E-state index in [1.54, 1.807) is 25.1 Å². The number of carbonyl (C=O) groups is 3. The van der Waals surface area contributed by atoms with E-state index >= 15 is 0 Å². The number of likely N-dealkylation sites (N-methyl/N-ethyl adjacent to an activating group) is 1. The van der Waals surface area contributed by atoms with Crippen molar-refractivity contribution in [3.05, 3.63) is 23.8 Å². The molecule has 0 unspecified atom stereocenters. The summed E-state index contributed by atoms with van der Waals surface area (Å²) < 4.78 is 4.76. The van der Waals surface area contributed by atoms with E-state index in [1.807, 2.05) is 19.0 Å². The smallest absolute Gasteiger partial charge is 0.325 e. The van der Waals surface area contributed by atoms with Crippen molar-refractivity contribution in [2.45, 2.75) is 20.8 Å². The van der Waals surface area contributed by atoms with Gasteiger partial charge in [-0.25, -0.2) is 4.79 Å². The first kappa shape index (κ1) is 24.2. The Morgan fingerprint density at radius 1 is 1.03 bits per heavy atom. The predicted molar refractivity (Wildman–Crippen MR) is 115 cm³/mol. The number of esters is 1. The molecule has 3 N–H and O–H groups in total. The Kier molecular flexibility index (Phi) is 10.5. The highest BCUT2D eigenvalue weighted by atomic mass is 16.5. The molecule has 9 heteroatoms. The molecule has 29 heavy (non-hydrogen) atoms. The fourth-order valence-corrected chi connectivity index (χ4v) is 2.69. The van der Waals surface area contributed by atoms with Gasteiger partial charge in [0.05, 0.1) is 12.2 Å². The Morgan fingerprint density at radius 3 is 2.31 bits per heavy atom. The van der Waals surface area contributed by atoms with Crippen LogP contribution in [0.2, 0.25) is 0 Å². The summed E-state index contributed by atoms with van der Waals surface area (Å²) in [7, 11) is 3.70.